The Morgan fingerprint density at radius 2 is 2.21 bits per heavy atom. The SMILES string of the molecule is NC(=O)c1ccc(-n2cncn2)nn1. The summed E-state index contributed by atoms with van der Waals surface area (Å²) in [4.78, 5) is 14.4. The van der Waals surface area contributed by atoms with Crippen molar-refractivity contribution >= 4 is 5.91 Å². The van der Waals surface area contributed by atoms with Crippen molar-refractivity contribution < 1.29 is 4.79 Å². The van der Waals surface area contributed by atoms with Crippen LogP contribution in [0, 0.1) is 0 Å². The lowest BCUT2D eigenvalue weighted by atomic mass is 10.4. The van der Waals surface area contributed by atoms with Gasteiger partial charge in [-0.25, -0.2) is 9.67 Å². The minimum absolute atomic E-state index is 0.119. The first-order valence-corrected chi connectivity index (χ1v) is 3.76. The summed E-state index contributed by atoms with van der Waals surface area (Å²) in [6.07, 6.45) is 2.86. The molecule has 2 rings (SSSR count). The second kappa shape index (κ2) is 3.21. The number of nitrogens with two attached hydrogens (primary N) is 1. The smallest absolute Gasteiger partial charge is 0.269 e. The maximum absolute atomic E-state index is 10.7. The largest absolute Gasteiger partial charge is 0.364 e. The van der Waals surface area contributed by atoms with Gasteiger partial charge in [-0.05, 0) is 12.1 Å². The lowest BCUT2D eigenvalue weighted by Crippen LogP contribution is -2.14. The summed E-state index contributed by atoms with van der Waals surface area (Å²) in [6, 6.07) is 3.06. The molecule has 0 aliphatic rings. The van der Waals surface area contributed by atoms with E-state index in [0.29, 0.717) is 5.82 Å². The Morgan fingerprint density at radius 3 is 2.71 bits per heavy atom. The van der Waals surface area contributed by atoms with E-state index in [1.54, 1.807) is 6.07 Å². The molecular formula is C7H6N6O. The fraction of sp³-hybridized carbons (Fsp3) is 0. The van der Waals surface area contributed by atoms with Gasteiger partial charge in [0.15, 0.2) is 11.5 Å². The van der Waals surface area contributed by atoms with Crippen LogP contribution in [-0.4, -0.2) is 30.9 Å². The highest BCUT2D eigenvalue weighted by Gasteiger charge is 2.03. The average molecular weight is 190 g/mol. The van der Waals surface area contributed by atoms with Gasteiger partial charge in [-0.1, -0.05) is 0 Å². The highest BCUT2D eigenvalue weighted by Crippen LogP contribution is 1.99. The highest BCUT2D eigenvalue weighted by molar-refractivity contribution is 5.90. The van der Waals surface area contributed by atoms with Crippen molar-refractivity contribution in [2.75, 3.05) is 0 Å². The second-order valence-electron chi connectivity index (χ2n) is 2.48. The molecule has 2 aromatic heterocycles. The summed E-state index contributed by atoms with van der Waals surface area (Å²) < 4.78 is 1.43. The lowest BCUT2D eigenvalue weighted by molar-refractivity contribution is 0.0994. The summed E-state index contributed by atoms with van der Waals surface area (Å²) in [5, 5.41) is 11.2. The van der Waals surface area contributed by atoms with Gasteiger partial charge in [-0.2, -0.15) is 5.10 Å². The number of hydrogen-bond donors (Lipinski definition) is 1. The molecule has 2 heterocycles. The molecular weight excluding hydrogens is 184 g/mol. The number of primary amides is 1. The molecule has 0 fully saturated rings. The number of rotatable bonds is 2. The van der Waals surface area contributed by atoms with E-state index in [4.69, 9.17) is 5.73 Å². The number of carbonyl (C=O) groups is 1. The molecule has 0 saturated heterocycles. The van der Waals surface area contributed by atoms with Crippen LogP contribution in [0.4, 0.5) is 0 Å². The van der Waals surface area contributed by atoms with Crippen molar-refractivity contribution in [2.24, 2.45) is 5.73 Å². The van der Waals surface area contributed by atoms with Gasteiger partial charge in [-0.15, -0.1) is 10.2 Å². The number of hydrogen-bond acceptors (Lipinski definition) is 5. The molecule has 7 nitrogen and oxygen atoms in total. The molecule has 1 amide bonds. The van der Waals surface area contributed by atoms with Crippen LogP contribution in [0.3, 0.4) is 0 Å². The van der Waals surface area contributed by atoms with Crippen molar-refractivity contribution in [3.8, 4) is 5.82 Å². The van der Waals surface area contributed by atoms with E-state index >= 15 is 0 Å². The van der Waals surface area contributed by atoms with Crippen LogP contribution in [0.1, 0.15) is 10.5 Å². The van der Waals surface area contributed by atoms with Crippen molar-refractivity contribution in [3.63, 3.8) is 0 Å². The summed E-state index contributed by atoms with van der Waals surface area (Å²) >= 11 is 0. The molecule has 70 valence electrons. The number of amides is 1. The third kappa shape index (κ3) is 1.42. The molecule has 0 aromatic carbocycles. The van der Waals surface area contributed by atoms with E-state index < -0.39 is 5.91 Å². The monoisotopic (exact) mass is 190 g/mol. The predicted molar refractivity (Wildman–Crippen MR) is 45.5 cm³/mol. The van der Waals surface area contributed by atoms with Crippen LogP contribution in [0.25, 0.3) is 5.82 Å². The maximum Gasteiger partial charge on any atom is 0.269 e. The van der Waals surface area contributed by atoms with Crippen LogP contribution in [0.2, 0.25) is 0 Å². The number of carbonyl (C=O) groups excluding carboxylic acids is 1. The van der Waals surface area contributed by atoms with Crippen molar-refractivity contribution in [2.45, 2.75) is 0 Å². The molecule has 0 bridgehead atoms. The Bertz CT molecular complexity index is 434. The Hall–Kier alpha value is -2.31. The molecule has 0 atom stereocenters. The minimum Gasteiger partial charge on any atom is -0.364 e. The van der Waals surface area contributed by atoms with Crippen LogP contribution >= 0.6 is 0 Å². The lowest BCUT2D eigenvalue weighted by Gasteiger charge is -1.97. The van der Waals surface area contributed by atoms with Crippen LogP contribution < -0.4 is 5.73 Å². The van der Waals surface area contributed by atoms with Crippen LogP contribution in [0.5, 0.6) is 0 Å². The van der Waals surface area contributed by atoms with E-state index in [-0.39, 0.29) is 5.69 Å². The first-order valence-electron chi connectivity index (χ1n) is 3.76. The number of nitrogens with zero attached hydrogens (tertiary/aromatic N) is 5. The third-order valence-corrected chi connectivity index (χ3v) is 1.56. The van der Waals surface area contributed by atoms with Gasteiger partial charge >= 0.3 is 0 Å². The van der Waals surface area contributed by atoms with E-state index in [1.165, 1.54) is 23.4 Å². The molecule has 2 N–H and O–H groups in total. The van der Waals surface area contributed by atoms with Gasteiger partial charge < -0.3 is 5.73 Å². The van der Waals surface area contributed by atoms with Crippen LogP contribution in [-0.2, 0) is 0 Å². The molecule has 0 aliphatic carbocycles. The van der Waals surface area contributed by atoms with E-state index in [2.05, 4.69) is 20.3 Å². The summed E-state index contributed by atoms with van der Waals surface area (Å²) in [5.74, 6) is -0.129. The zero-order valence-corrected chi connectivity index (χ0v) is 7.03. The summed E-state index contributed by atoms with van der Waals surface area (Å²) in [5.41, 5.74) is 5.13. The molecule has 0 aliphatic heterocycles. The van der Waals surface area contributed by atoms with E-state index in [0.717, 1.165) is 0 Å². The Kier molecular flexibility index (Phi) is 1.90. The van der Waals surface area contributed by atoms with Gasteiger partial charge in [0.1, 0.15) is 12.7 Å². The molecule has 0 unspecified atom stereocenters. The minimum atomic E-state index is -0.609. The van der Waals surface area contributed by atoms with Gasteiger partial charge in [0, 0.05) is 0 Å². The number of aromatic nitrogens is 5. The van der Waals surface area contributed by atoms with E-state index in [9.17, 15) is 4.79 Å². The van der Waals surface area contributed by atoms with Gasteiger partial charge in [0.25, 0.3) is 5.91 Å². The Labute approximate surface area is 78.6 Å². The molecule has 0 spiro atoms. The topological polar surface area (TPSA) is 99.6 Å². The van der Waals surface area contributed by atoms with Gasteiger partial charge in [0.05, 0.1) is 0 Å². The highest BCUT2D eigenvalue weighted by atomic mass is 16.1. The standard InChI is InChI=1S/C7H6N6O/c8-7(14)5-1-2-6(12-11-5)13-4-9-3-10-13/h1-4H,(H2,8,14). The van der Waals surface area contributed by atoms with Crippen molar-refractivity contribution in [1.82, 2.24) is 25.0 Å². The Morgan fingerprint density at radius 1 is 1.36 bits per heavy atom. The first-order chi connectivity index (χ1) is 6.77. The normalized spacial score (nSPS) is 10.0. The summed E-state index contributed by atoms with van der Waals surface area (Å²) in [6.45, 7) is 0. The second-order valence-corrected chi connectivity index (χ2v) is 2.48. The average Bonchev–Trinajstić information content (AvgIpc) is 2.71. The fourth-order valence-electron chi connectivity index (χ4n) is 0.905. The van der Waals surface area contributed by atoms with Crippen LogP contribution in [0.15, 0.2) is 24.8 Å². The van der Waals surface area contributed by atoms with Crippen molar-refractivity contribution in [3.05, 3.63) is 30.5 Å². The molecule has 7 heteroatoms. The zero-order chi connectivity index (χ0) is 9.97. The van der Waals surface area contributed by atoms with E-state index in [1.807, 2.05) is 0 Å². The first kappa shape index (κ1) is 8.30. The van der Waals surface area contributed by atoms with Gasteiger partial charge in [-0.3, -0.25) is 4.79 Å². The molecule has 2 aromatic rings. The quantitative estimate of drug-likeness (QED) is 0.665. The fourth-order valence-corrected chi connectivity index (χ4v) is 0.905. The summed E-state index contributed by atoms with van der Waals surface area (Å²) in [7, 11) is 0. The molecule has 14 heavy (non-hydrogen) atoms. The third-order valence-electron chi connectivity index (χ3n) is 1.56. The molecule has 0 radical (unpaired) electrons. The molecule has 0 saturated carbocycles. The maximum atomic E-state index is 10.7. The zero-order valence-electron chi connectivity index (χ0n) is 7.03. The predicted octanol–water partition coefficient (Wildman–Crippen LogP) is -0.844. The Balaban J connectivity index is 2.36. The van der Waals surface area contributed by atoms with Crippen molar-refractivity contribution in [1.29, 1.82) is 0 Å². The van der Waals surface area contributed by atoms with Gasteiger partial charge in [0.2, 0.25) is 0 Å².